The van der Waals surface area contributed by atoms with Crippen LogP contribution in [0.5, 0.6) is 0 Å². The zero-order chi connectivity index (χ0) is 31.5. The van der Waals surface area contributed by atoms with E-state index in [1.807, 2.05) is 0 Å². The van der Waals surface area contributed by atoms with Crippen LogP contribution in [-0.4, -0.2) is 9.13 Å². The molecule has 9 rings (SSSR count). The van der Waals surface area contributed by atoms with Crippen LogP contribution in [0.15, 0.2) is 164 Å². The van der Waals surface area contributed by atoms with E-state index in [-0.39, 0.29) is 0 Å². The molecule has 0 unspecified atom stereocenters. The number of aromatic nitrogens is 2. The minimum Gasteiger partial charge on any atom is -0.309 e. The number of rotatable bonds is 5. The number of para-hydroxylation sites is 4. The van der Waals surface area contributed by atoms with Gasteiger partial charge in [-0.3, -0.25) is 0 Å². The van der Waals surface area contributed by atoms with E-state index in [9.17, 15) is 0 Å². The number of fused-ring (bicyclic) bond motifs is 6. The third-order valence-electron chi connectivity index (χ3n) is 9.66. The molecule has 0 fully saturated rings. The molecule has 2 heteroatoms. The van der Waals surface area contributed by atoms with Crippen LogP contribution in [0.2, 0.25) is 0 Å². The van der Waals surface area contributed by atoms with Crippen molar-refractivity contribution in [3.05, 3.63) is 169 Å². The molecule has 9 aromatic rings. The van der Waals surface area contributed by atoms with Crippen molar-refractivity contribution in [3.8, 4) is 33.6 Å². The van der Waals surface area contributed by atoms with Gasteiger partial charge >= 0.3 is 0 Å². The van der Waals surface area contributed by atoms with E-state index in [1.165, 1.54) is 82.8 Å². The Labute approximate surface area is 274 Å². The van der Waals surface area contributed by atoms with E-state index in [0.29, 0.717) is 5.92 Å². The van der Waals surface area contributed by atoms with E-state index in [0.717, 1.165) is 0 Å². The molecule has 0 saturated heterocycles. The number of hydrogen-bond acceptors (Lipinski definition) is 0. The van der Waals surface area contributed by atoms with Gasteiger partial charge in [-0.2, -0.15) is 0 Å². The lowest BCUT2D eigenvalue weighted by Gasteiger charge is -2.14. The predicted octanol–water partition coefficient (Wildman–Crippen LogP) is 12.3. The van der Waals surface area contributed by atoms with Crippen molar-refractivity contribution in [2.75, 3.05) is 0 Å². The molecule has 0 aliphatic heterocycles. The van der Waals surface area contributed by atoms with Gasteiger partial charge in [-0.25, -0.2) is 0 Å². The predicted molar refractivity (Wildman–Crippen MR) is 200 cm³/mol. The summed E-state index contributed by atoms with van der Waals surface area (Å²) >= 11 is 0. The SMILES string of the molecule is CC(C)c1cc(-c2ccc3c(c2)c2ccccc2n3-c2ccccc2)cc(-c2ccc3c(c2)c2ccccc2n3-c2ccccc2)c1. The van der Waals surface area contributed by atoms with Gasteiger partial charge in [0.25, 0.3) is 0 Å². The molecule has 7 aromatic carbocycles. The lowest BCUT2D eigenvalue weighted by Crippen LogP contribution is -1.94. The molecule has 0 atom stereocenters. The molecule has 0 N–H and O–H groups in total. The molecule has 2 heterocycles. The standard InChI is InChI=1S/C45H34N2/c1-30(2)33-25-34(31-21-23-44-40(28-31)38-17-9-11-19-42(38)46(44)36-13-5-3-6-14-36)27-35(26-33)32-22-24-45-41(29-32)39-18-10-12-20-43(39)47(45)37-15-7-4-8-16-37/h3-30H,1-2H3. The van der Waals surface area contributed by atoms with Crippen LogP contribution in [0.4, 0.5) is 0 Å². The molecule has 2 aromatic heterocycles. The molecule has 0 bridgehead atoms. The number of nitrogens with zero attached hydrogens (tertiary/aromatic N) is 2. The van der Waals surface area contributed by atoms with Gasteiger partial charge < -0.3 is 9.13 Å². The largest absolute Gasteiger partial charge is 0.309 e. The minimum atomic E-state index is 0.404. The second-order valence-electron chi connectivity index (χ2n) is 12.8. The van der Waals surface area contributed by atoms with E-state index in [2.05, 4.69) is 187 Å². The Bertz CT molecular complexity index is 2410. The molecule has 0 amide bonds. The highest BCUT2D eigenvalue weighted by Crippen LogP contribution is 2.39. The van der Waals surface area contributed by atoms with Gasteiger partial charge in [0.05, 0.1) is 22.1 Å². The van der Waals surface area contributed by atoms with Crippen molar-refractivity contribution in [1.82, 2.24) is 9.13 Å². The van der Waals surface area contributed by atoms with Gasteiger partial charge in [0.1, 0.15) is 0 Å². The molecule has 2 nitrogen and oxygen atoms in total. The third-order valence-corrected chi connectivity index (χ3v) is 9.66. The molecule has 0 aliphatic carbocycles. The molecular formula is C45H34N2. The fourth-order valence-electron chi connectivity index (χ4n) is 7.33. The molecule has 224 valence electrons. The first-order valence-electron chi connectivity index (χ1n) is 16.5. The summed E-state index contributed by atoms with van der Waals surface area (Å²) in [5.74, 6) is 0.404. The second-order valence-corrected chi connectivity index (χ2v) is 12.8. The Hall–Kier alpha value is -5.86. The third kappa shape index (κ3) is 4.48. The summed E-state index contributed by atoms with van der Waals surface area (Å²) in [6.45, 7) is 4.58. The van der Waals surface area contributed by atoms with Crippen LogP contribution >= 0.6 is 0 Å². The Morgan fingerprint density at radius 2 is 0.745 bits per heavy atom. The minimum absolute atomic E-state index is 0.404. The Morgan fingerprint density at radius 1 is 0.340 bits per heavy atom. The molecular weight excluding hydrogens is 569 g/mol. The Kier molecular flexibility index (Phi) is 6.36. The van der Waals surface area contributed by atoms with Gasteiger partial charge in [0, 0.05) is 32.9 Å². The van der Waals surface area contributed by atoms with Gasteiger partial charge in [0.2, 0.25) is 0 Å². The summed E-state index contributed by atoms with van der Waals surface area (Å²) in [5.41, 5.74) is 13.6. The summed E-state index contributed by atoms with van der Waals surface area (Å²) in [5, 5.41) is 5.09. The first kappa shape index (κ1) is 27.5. The van der Waals surface area contributed by atoms with Crippen LogP contribution in [0.25, 0.3) is 77.2 Å². The lowest BCUT2D eigenvalue weighted by molar-refractivity contribution is 0.867. The van der Waals surface area contributed by atoms with Crippen molar-refractivity contribution in [2.24, 2.45) is 0 Å². The fraction of sp³-hybridized carbons (Fsp3) is 0.0667. The second kappa shape index (κ2) is 10.9. The van der Waals surface area contributed by atoms with Gasteiger partial charge in [-0.1, -0.05) is 111 Å². The van der Waals surface area contributed by atoms with Gasteiger partial charge in [0.15, 0.2) is 0 Å². The fourth-order valence-corrected chi connectivity index (χ4v) is 7.33. The molecule has 0 saturated carbocycles. The quantitative estimate of drug-likeness (QED) is 0.185. The molecule has 0 spiro atoms. The highest BCUT2D eigenvalue weighted by Gasteiger charge is 2.16. The topological polar surface area (TPSA) is 9.86 Å². The van der Waals surface area contributed by atoms with E-state index in [1.54, 1.807) is 0 Å². The number of hydrogen-bond donors (Lipinski definition) is 0. The zero-order valence-electron chi connectivity index (χ0n) is 26.6. The Balaban J connectivity index is 1.23. The number of benzene rings is 7. The van der Waals surface area contributed by atoms with E-state index >= 15 is 0 Å². The van der Waals surface area contributed by atoms with E-state index in [4.69, 9.17) is 0 Å². The molecule has 47 heavy (non-hydrogen) atoms. The highest BCUT2D eigenvalue weighted by molar-refractivity contribution is 6.11. The smallest absolute Gasteiger partial charge is 0.0541 e. The highest BCUT2D eigenvalue weighted by atomic mass is 15.0. The Morgan fingerprint density at radius 3 is 1.19 bits per heavy atom. The summed E-state index contributed by atoms with van der Waals surface area (Å²) in [4.78, 5) is 0. The lowest BCUT2D eigenvalue weighted by atomic mass is 9.91. The summed E-state index contributed by atoms with van der Waals surface area (Å²) in [6.07, 6.45) is 0. The van der Waals surface area contributed by atoms with Crippen molar-refractivity contribution >= 4 is 43.6 Å². The monoisotopic (exact) mass is 602 g/mol. The van der Waals surface area contributed by atoms with Crippen molar-refractivity contribution < 1.29 is 0 Å². The normalized spacial score (nSPS) is 11.8. The summed E-state index contributed by atoms with van der Waals surface area (Å²) < 4.78 is 4.76. The van der Waals surface area contributed by atoms with Crippen LogP contribution < -0.4 is 0 Å². The first-order chi connectivity index (χ1) is 23.1. The first-order valence-corrected chi connectivity index (χ1v) is 16.5. The van der Waals surface area contributed by atoms with Crippen molar-refractivity contribution in [1.29, 1.82) is 0 Å². The van der Waals surface area contributed by atoms with E-state index < -0.39 is 0 Å². The maximum Gasteiger partial charge on any atom is 0.0541 e. The maximum atomic E-state index is 2.39. The van der Waals surface area contributed by atoms with Crippen molar-refractivity contribution in [3.63, 3.8) is 0 Å². The van der Waals surface area contributed by atoms with Crippen molar-refractivity contribution in [2.45, 2.75) is 19.8 Å². The maximum absolute atomic E-state index is 2.39. The summed E-state index contributed by atoms with van der Waals surface area (Å²) in [7, 11) is 0. The average Bonchev–Trinajstić information content (AvgIpc) is 3.64. The van der Waals surface area contributed by atoms with Crippen LogP contribution in [0.1, 0.15) is 25.3 Å². The zero-order valence-corrected chi connectivity index (χ0v) is 26.6. The molecule has 0 radical (unpaired) electrons. The average molecular weight is 603 g/mol. The molecule has 0 aliphatic rings. The van der Waals surface area contributed by atoms with Crippen LogP contribution in [0.3, 0.4) is 0 Å². The van der Waals surface area contributed by atoms with Gasteiger partial charge in [-0.05, 0) is 100 Å². The van der Waals surface area contributed by atoms with Crippen LogP contribution in [-0.2, 0) is 0 Å². The summed E-state index contributed by atoms with van der Waals surface area (Å²) in [6, 6.07) is 59.9. The van der Waals surface area contributed by atoms with Crippen LogP contribution in [0, 0.1) is 0 Å². The van der Waals surface area contributed by atoms with Gasteiger partial charge in [-0.15, -0.1) is 0 Å².